The Morgan fingerprint density at radius 1 is 1.35 bits per heavy atom. The number of carboxylic acids is 1. The lowest BCUT2D eigenvalue weighted by Gasteiger charge is -2.33. The van der Waals surface area contributed by atoms with Crippen LogP contribution in [-0.4, -0.2) is 63.8 Å². The molecule has 2 atom stereocenters. The summed E-state index contributed by atoms with van der Waals surface area (Å²) in [4.78, 5) is 26.6. The summed E-state index contributed by atoms with van der Waals surface area (Å²) in [5, 5.41) is 19.6. The van der Waals surface area contributed by atoms with E-state index in [4.69, 9.17) is 0 Å². The number of aliphatic carboxylic acids is 1. The molecule has 0 aromatic heterocycles. The Labute approximate surface area is 119 Å². The molecule has 6 heteroatoms. The normalized spacial score (nSPS) is 28.6. The lowest BCUT2D eigenvalue weighted by atomic mass is 10.0. The van der Waals surface area contributed by atoms with E-state index in [1.165, 1.54) is 9.80 Å². The number of urea groups is 1. The second-order valence-corrected chi connectivity index (χ2v) is 6.31. The second kappa shape index (κ2) is 5.60. The Hall–Kier alpha value is -1.30. The van der Waals surface area contributed by atoms with E-state index in [9.17, 15) is 19.8 Å². The topological polar surface area (TPSA) is 81.1 Å². The maximum absolute atomic E-state index is 12.4. The third-order valence-corrected chi connectivity index (χ3v) is 4.59. The number of likely N-dealkylation sites (N-methyl/N-ethyl adjacent to an activating group) is 1. The molecule has 2 rings (SSSR count). The van der Waals surface area contributed by atoms with Gasteiger partial charge in [-0.2, -0.15) is 0 Å². The van der Waals surface area contributed by atoms with Gasteiger partial charge in [0.2, 0.25) is 0 Å². The van der Waals surface area contributed by atoms with Crippen LogP contribution in [0.5, 0.6) is 0 Å². The molecule has 2 aliphatic rings. The van der Waals surface area contributed by atoms with Crippen molar-refractivity contribution in [3.63, 3.8) is 0 Å². The van der Waals surface area contributed by atoms with Crippen LogP contribution in [0.4, 0.5) is 4.79 Å². The minimum Gasteiger partial charge on any atom is -0.480 e. The monoisotopic (exact) mass is 284 g/mol. The van der Waals surface area contributed by atoms with Crippen LogP contribution in [0.3, 0.4) is 0 Å². The zero-order chi connectivity index (χ0) is 14.9. The molecule has 0 radical (unpaired) electrons. The quantitative estimate of drug-likeness (QED) is 0.814. The highest BCUT2D eigenvalue weighted by Crippen LogP contribution is 2.31. The van der Waals surface area contributed by atoms with E-state index in [1.54, 1.807) is 7.05 Å². The van der Waals surface area contributed by atoms with E-state index in [-0.39, 0.29) is 18.5 Å². The highest BCUT2D eigenvalue weighted by atomic mass is 16.4. The maximum atomic E-state index is 12.4. The van der Waals surface area contributed by atoms with Crippen molar-refractivity contribution in [1.29, 1.82) is 0 Å². The summed E-state index contributed by atoms with van der Waals surface area (Å²) in [5.74, 6) is -0.976. The molecule has 1 heterocycles. The first-order chi connectivity index (χ1) is 9.34. The summed E-state index contributed by atoms with van der Waals surface area (Å²) in [6.07, 6.45) is 4.10. The molecule has 1 saturated carbocycles. The molecule has 20 heavy (non-hydrogen) atoms. The molecule has 0 spiro atoms. The van der Waals surface area contributed by atoms with Crippen LogP contribution in [0.15, 0.2) is 0 Å². The minimum atomic E-state index is -0.948. The van der Waals surface area contributed by atoms with Crippen LogP contribution < -0.4 is 0 Å². The zero-order valence-corrected chi connectivity index (χ0v) is 12.2. The van der Waals surface area contributed by atoms with Gasteiger partial charge in [-0.15, -0.1) is 0 Å². The fourth-order valence-corrected chi connectivity index (χ4v) is 3.46. The predicted octanol–water partition coefficient (Wildman–Crippen LogP) is 1.14. The van der Waals surface area contributed by atoms with Gasteiger partial charge in [0.25, 0.3) is 0 Å². The van der Waals surface area contributed by atoms with Gasteiger partial charge in [-0.05, 0) is 25.2 Å². The maximum Gasteiger partial charge on any atom is 0.326 e. The van der Waals surface area contributed by atoms with Crippen LogP contribution in [0.25, 0.3) is 0 Å². The summed E-state index contributed by atoms with van der Waals surface area (Å²) in [6.45, 7) is 2.61. The molecular weight excluding hydrogens is 260 g/mol. The average Bonchev–Trinajstić information content (AvgIpc) is 2.94. The van der Waals surface area contributed by atoms with Crippen LogP contribution in [0.1, 0.15) is 39.0 Å². The fourth-order valence-electron chi connectivity index (χ4n) is 3.46. The Kier molecular flexibility index (Phi) is 4.22. The van der Waals surface area contributed by atoms with Gasteiger partial charge in [-0.25, -0.2) is 9.59 Å². The largest absolute Gasteiger partial charge is 0.480 e. The molecule has 0 bridgehead atoms. The first kappa shape index (κ1) is 15.1. The van der Waals surface area contributed by atoms with Crippen molar-refractivity contribution in [3.8, 4) is 0 Å². The number of amides is 2. The predicted molar refractivity (Wildman–Crippen MR) is 73.4 cm³/mol. The molecule has 0 aromatic carbocycles. The number of carbonyl (C=O) groups excluding carboxylic acids is 1. The second-order valence-electron chi connectivity index (χ2n) is 6.31. The molecule has 2 N–H and O–H groups in total. The average molecular weight is 284 g/mol. The highest BCUT2D eigenvalue weighted by molar-refractivity contribution is 5.83. The van der Waals surface area contributed by atoms with Gasteiger partial charge in [0, 0.05) is 13.6 Å². The first-order valence-corrected chi connectivity index (χ1v) is 7.31. The van der Waals surface area contributed by atoms with Gasteiger partial charge in [-0.1, -0.05) is 19.8 Å². The Morgan fingerprint density at radius 2 is 1.95 bits per heavy atom. The van der Waals surface area contributed by atoms with E-state index in [0.717, 1.165) is 12.8 Å². The van der Waals surface area contributed by atoms with Crippen molar-refractivity contribution in [1.82, 2.24) is 9.80 Å². The van der Waals surface area contributed by atoms with Crippen LogP contribution in [0, 0.1) is 5.92 Å². The number of hydrogen-bond acceptors (Lipinski definition) is 3. The molecule has 114 valence electrons. The Morgan fingerprint density at radius 3 is 2.50 bits per heavy atom. The molecule has 1 aliphatic carbocycles. The van der Waals surface area contributed by atoms with Crippen molar-refractivity contribution in [2.24, 2.45) is 5.92 Å². The number of hydrogen-bond donors (Lipinski definition) is 2. The fraction of sp³-hybridized carbons (Fsp3) is 0.857. The van der Waals surface area contributed by atoms with Gasteiger partial charge in [-0.3, -0.25) is 0 Å². The van der Waals surface area contributed by atoms with Gasteiger partial charge >= 0.3 is 12.0 Å². The number of carboxylic acid groups (broad SMARTS) is 1. The van der Waals surface area contributed by atoms with Crippen LogP contribution >= 0.6 is 0 Å². The summed E-state index contributed by atoms with van der Waals surface area (Å²) in [5.41, 5.74) is -0.797. The summed E-state index contributed by atoms with van der Waals surface area (Å²) in [7, 11) is 1.64. The van der Waals surface area contributed by atoms with E-state index < -0.39 is 17.6 Å². The molecule has 1 aliphatic heterocycles. The van der Waals surface area contributed by atoms with Crippen molar-refractivity contribution < 1.29 is 19.8 Å². The smallest absolute Gasteiger partial charge is 0.326 e. The molecule has 2 fully saturated rings. The third-order valence-electron chi connectivity index (χ3n) is 4.59. The van der Waals surface area contributed by atoms with Gasteiger partial charge in [0.1, 0.15) is 6.04 Å². The number of aliphatic hydroxyl groups is 1. The SMILES string of the molecule is CC1CCN(C(=O)N(C)CC2(O)CCCC2)C1C(=O)O. The van der Waals surface area contributed by atoms with Crippen molar-refractivity contribution in [3.05, 3.63) is 0 Å². The molecule has 2 unspecified atom stereocenters. The Balaban J connectivity index is 2.01. The molecule has 1 saturated heterocycles. The highest BCUT2D eigenvalue weighted by Gasteiger charge is 2.42. The minimum absolute atomic E-state index is 0.0283. The summed E-state index contributed by atoms with van der Waals surface area (Å²) < 4.78 is 0. The molecule has 2 amide bonds. The van der Waals surface area contributed by atoms with Gasteiger partial charge in [0.15, 0.2) is 0 Å². The number of carbonyl (C=O) groups is 2. The van der Waals surface area contributed by atoms with Crippen molar-refractivity contribution >= 4 is 12.0 Å². The number of likely N-dealkylation sites (tertiary alicyclic amines) is 1. The third kappa shape index (κ3) is 2.90. The van der Waals surface area contributed by atoms with Crippen LogP contribution in [-0.2, 0) is 4.79 Å². The lowest BCUT2D eigenvalue weighted by molar-refractivity contribution is -0.142. The zero-order valence-electron chi connectivity index (χ0n) is 12.2. The molecular formula is C14H24N2O4. The number of rotatable bonds is 3. The van der Waals surface area contributed by atoms with Crippen LogP contribution in [0.2, 0.25) is 0 Å². The van der Waals surface area contributed by atoms with E-state index in [2.05, 4.69) is 0 Å². The lowest BCUT2D eigenvalue weighted by Crippen LogP contribution is -2.51. The number of nitrogens with zero attached hydrogens (tertiary/aromatic N) is 2. The van der Waals surface area contributed by atoms with E-state index in [1.807, 2.05) is 6.92 Å². The Bertz CT molecular complexity index is 393. The van der Waals surface area contributed by atoms with Crippen molar-refractivity contribution in [2.45, 2.75) is 50.7 Å². The molecule has 6 nitrogen and oxygen atoms in total. The summed E-state index contributed by atoms with van der Waals surface area (Å²) >= 11 is 0. The summed E-state index contributed by atoms with van der Waals surface area (Å²) in [6, 6.07) is -1.04. The molecule has 0 aromatic rings. The van der Waals surface area contributed by atoms with Crippen molar-refractivity contribution in [2.75, 3.05) is 20.1 Å². The standard InChI is InChI=1S/C14H24N2O4/c1-10-5-8-16(11(10)12(17)18)13(19)15(2)9-14(20)6-3-4-7-14/h10-11,20H,3-9H2,1-2H3,(H,17,18). The first-order valence-electron chi connectivity index (χ1n) is 7.31. The van der Waals surface area contributed by atoms with Gasteiger partial charge in [0.05, 0.1) is 12.1 Å². The van der Waals surface area contributed by atoms with E-state index >= 15 is 0 Å². The van der Waals surface area contributed by atoms with E-state index in [0.29, 0.717) is 25.8 Å². The van der Waals surface area contributed by atoms with Gasteiger partial charge < -0.3 is 20.0 Å².